The lowest BCUT2D eigenvalue weighted by Crippen LogP contribution is -2.42. The van der Waals surface area contributed by atoms with E-state index in [0.717, 1.165) is 37.7 Å². The molecule has 1 aromatic heterocycles. The number of H-pyrrole nitrogens is 1. The van der Waals surface area contributed by atoms with Crippen LogP contribution in [0.4, 0.5) is 10.1 Å². The van der Waals surface area contributed by atoms with Crippen LogP contribution in [0.5, 0.6) is 0 Å². The zero-order chi connectivity index (χ0) is 14.7. The summed E-state index contributed by atoms with van der Waals surface area (Å²) in [5.41, 5.74) is 0.986. The van der Waals surface area contributed by atoms with Crippen molar-refractivity contribution in [3.63, 3.8) is 0 Å². The third kappa shape index (κ3) is 2.68. The third-order valence-electron chi connectivity index (χ3n) is 4.29. The standard InChI is InChI=1S/C16H18FN3O/c17-13-6-4-12(5-7-13)16(8-2-1-3-9-16)15(21)20-14-10-18-19-11-14/h4-7,10-11H,1-3,8-9H2,(H,18,19)(H,20,21). The lowest BCUT2D eigenvalue weighted by atomic mass is 9.68. The van der Waals surface area contributed by atoms with Crippen molar-refractivity contribution in [1.29, 1.82) is 0 Å². The van der Waals surface area contributed by atoms with Crippen molar-refractivity contribution in [3.05, 3.63) is 48.0 Å². The van der Waals surface area contributed by atoms with Crippen molar-refractivity contribution in [2.24, 2.45) is 0 Å². The minimum atomic E-state index is -0.566. The van der Waals surface area contributed by atoms with Crippen LogP contribution in [-0.2, 0) is 10.2 Å². The topological polar surface area (TPSA) is 57.8 Å². The molecular weight excluding hydrogens is 269 g/mol. The molecule has 110 valence electrons. The van der Waals surface area contributed by atoms with Crippen LogP contribution < -0.4 is 5.32 Å². The number of hydrogen-bond acceptors (Lipinski definition) is 2. The van der Waals surface area contributed by atoms with E-state index in [1.807, 2.05) is 0 Å². The number of halogens is 1. The summed E-state index contributed by atoms with van der Waals surface area (Å²) < 4.78 is 13.2. The molecule has 1 amide bonds. The van der Waals surface area contributed by atoms with Gasteiger partial charge in [-0.15, -0.1) is 0 Å². The zero-order valence-corrected chi connectivity index (χ0v) is 11.7. The molecule has 21 heavy (non-hydrogen) atoms. The predicted octanol–water partition coefficient (Wildman–Crippen LogP) is 3.39. The van der Waals surface area contributed by atoms with Crippen LogP contribution >= 0.6 is 0 Å². The van der Waals surface area contributed by atoms with Crippen LogP contribution in [0.15, 0.2) is 36.7 Å². The summed E-state index contributed by atoms with van der Waals surface area (Å²) in [4.78, 5) is 12.8. The highest BCUT2D eigenvalue weighted by molar-refractivity contribution is 5.99. The van der Waals surface area contributed by atoms with Gasteiger partial charge < -0.3 is 5.32 Å². The van der Waals surface area contributed by atoms with E-state index < -0.39 is 5.41 Å². The van der Waals surface area contributed by atoms with E-state index in [1.165, 1.54) is 12.1 Å². The average Bonchev–Trinajstić information content (AvgIpc) is 3.01. The molecule has 1 aliphatic rings. The van der Waals surface area contributed by atoms with Gasteiger partial charge in [0.2, 0.25) is 5.91 Å². The van der Waals surface area contributed by atoms with Gasteiger partial charge in [-0.25, -0.2) is 4.39 Å². The number of nitrogens with zero attached hydrogens (tertiary/aromatic N) is 1. The quantitative estimate of drug-likeness (QED) is 0.909. The summed E-state index contributed by atoms with van der Waals surface area (Å²) in [7, 11) is 0. The molecule has 0 saturated heterocycles. The Hall–Kier alpha value is -2.17. The first-order valence-electron chi connectivity index (χ1n) is 7.27. The predicted molar refractivity (Wildman–Crippen MR) is 78.4 cm³/mol. The van der Waals surface area contributed by atoms with Crippen molar-refractivity contribution in [2.45, 2.75) is 37.5 Å². The minimum absolute atomic E-state index is 0.0322. The van der Waals surface area contributed by atoms with Gasteiger partial charge in [-0.2, -0.15) is 5.10 Å². The fraction of sp³-hybridized carbons (Fsp3) is 0.375. The van der Waals surface area contributed by atoms with Gasteiger partial charge in [0, 0.05) is 6.20 Å². The van der Waals surface area contributed by atoms with Crippen molar-refractivity contribution in [1.82, 2.24) is 10.2 Å². The van der Waals surface area contributed by atoms with E-state index in [9.17, 15) is 9.18 Å². The maximum atomic E-state index is 13.2. The van der Waals surface area contributed by atoms with Crippen LogP contribution in [0, 0.1) is 5.82 Å². The first-order chi connectivity index (χ1) is 10.2. The zero-order valence-electron chi connectivity index (χ0n) is 11.7. The van der Waals surface area contributed by atoms with Gasteiger partial charge in [-0.3, -0.25) is 9.89 Å². The maximum absolute atomic E-state index is 13.2. The summed E-state index contributed by atoms with van der Waals surface area (Å²) in [6, 6.07) is 6.32. The summed E-state index contributed by atoms with van der Waals surface area (Å²) in [5.74, 6) is -0.310. The van der Waals surface area contributed by atoms with E-state index in [2.05, 4.69) is 15.5 Å². The Morgan fingerprint density at radius 3 is 2.52 bits per heavy atom. The van der Waals surface area contributed by atoms with Gasteiger partial charge in [0.1, 0.15) is 5.82 Å². The SMILES string of the molecule is O=C(Nc1cn[nH]c1)C1(c2ccc(F)cc2)CCCCC1. The van der Waals surface area contributed by atoms with Gasteiger partial charge in [0.25, 0.3) is 0 Å². The Morgan fingerprint density at radius 1 is 1.19 bits per heavy atom. The molecule has 0 bridgehead atoms. The molecule has 0 atom stereocenters. The molecule has 0 spiro atoms. The highest BCUT2D eigenvalue weighted by atomic mass is 19.1. The van der Waals surface area contributed by atoms with Crippen molar-refractivity contribution >= 4 is 11.6 Å². The Balaban J connectivity index is 1.92. The lowest BCUT2D eigenvalue weighted by Gasteiger charge is -2.36. The number of anilines is 1. The minimum Gasteiger partial charge on any atom is -0.323 e. The highest BCUT2D eigenvalue weighted by Gasteiger charge is 2.41. The first kappa shape index (κ1) is 13.8. The molecule has 0 radical (unpaired) electrons. The third-order valence-corrected chi connectivity index (χ3v) is 4.29. The molecule has 2 N–H and O–H groups in total. The van der Waals surface area contributed by atoms with Gasteiger partial charge >= 0.3 is 0 Å². The van der Waals surface area contributed by atoms with Gasteiger partial charge in [-0.05, 0) is 30.5 Å². The Kier molecular flexibility index (Phi) is 3.73. The number of benzene rings is 1. The summed E-state index contributed by atoms with van der Waals surface area (Å²) in [6.45, 7) is 0. The number of carbonyl (C=O) groups excluding carboxylic acids is 1. The number of hydrogen-bond donors (Lipinski definition) is 2. The van der Waals surface area contributed by atoms with E-state index in [4.69, 9.17) is 0 Å². The lowest BCUT2D eigenvalue weighted by molar-refractivity contribution is -0.122. The molecule has 5 heteroatoms. The molecule has 0 aliphatic heterocycles. The number of amides is 1. The van der Waals surface area contributed by atoms with E-state index in [-0.39, 0.29) is 11.7 Å². The van der Waals surface area contributed by atoms with Gasteiger partial charge in [0.15, 0.2) is 0 Å². The van der Waals surface area contributed by atoms with Crippen molar-refractivity contribution in [3.8, 4) is 0 Å². The summed E-state index contributed by atoms with van der Waals surface area (Å²) in [5, 5.41) is 9.44. The smallest absolute Gasteiger partial charge is 0.235 e. The second-order valence-electron chi connectivity index (χ2n) is 5.59. The van der Waals surface area contributed by atoms with E-state index in [1.54, 1.807) is 24.5 Å². The maximum Gasteiger partial charge on any atom is 0.235 e. The molecule has 1 saturated carbocycles. The molecule has 2 aromatic rings. The van der Waals surface area contributed by atoms with Crippen LogP contribution in [0.25, 0.3) is 0 Å². The number of rotatable bonds is 3. The molecule has 1 fully saturated rings. The second-order valence-corrected chi connectivity index (χ2v) is 5.59. The largest absolute Gasteiger partial charge is 0.323 e. The fourth-order valence-electron chi connectivity index (χ4n) is 3.14. The normalized spacial score (nSPS) is 17.4. The first-order valence-corrected chi connectivity index (χ1v) is 7.27. The molecular formula is C16H18FN3O. The molecule has 0 unspecified atom stereocenters. The number of aromatic amines is 1. The van der Waals surface area contributed by atoms with Crippen LogP contribution in [0.3, 0.4) is 0 Å². The molecule has 1 heterocycles. The monoisotopic (exact) mass is 287 g/mol. The Bertz CT molecular complexity index is 601. The second kappa shape index (κ2) is 5.68. The van der Waals surface area contributed by atoms with E-state index >= 15 is 0 Å². The van der Waals surface area contributed by atoms with Crippen LogP contribution in [-0.4, -0.2) is 16.1 Å². The number of carbonyl (C=O) groups is 1. The van der Waals surface area contributed by atoms with Crippen molar-refractivity contribution in [2.75, 3.05) is 5.32 Å². The van der Waals surface area contributed by atoms with Crippen molar-refractivity contribution < 1.29 is 9.18 Å². The Labute approximate surface area is 122 Å². The summed E-state index contributed by atoms with van der Waals surface area (Å²) in [6.07, 6.45) is 7.98. The molecule has 4 nitrogen and oxygen atoms in total. The van der Waals surface area contributed by atoms with Gasteiger partial charge in [-0.1, -0.05) is 31.4 Å². The average molecular weight is 287 g/mol. The fourth-order valence-corrected chi connectivity index (χ4v) is 3.14. The van der Waals surface area contributed by atoms with E-state index in [0.29, 0.717) is 5.69 Å². The number of aromatic nitrogens is 2. The number of nitrogens with one attached hydrogen (secondary N) is 2. The van der Waals surface area contributed by atoms with Crippen LogP contribution in [0.2, 0.25) is 0 Å². The van der Waals surface area contributed by atoms with Crippen LogP contribution in [0.1, 0.15) is 37.7 Å². The highest BCUT2D eigenvalue weighted by Crippen LogP contribution is 2.40. The summed E-state index contributed by atoms with van der Waals surface area (Å²) >= 11 is 0. The molecule has 1 aliphatic carbocycles. The molecule has 3 rings (SSSR count). The van der Waals surface area contributed by atoms with Gasteiger partial charge in [0.05, 0.1) is 17.3 Å². The Morgan fingerprint density at radius 2 is 1.90 bits per heavy atom. The molecule has 1 aromatic carbocycles.